The number of pyridine rings is 1. The number of aromatic nitrogens is 1. The van der Waals surface area contributed by atoms with Gasteiger partial charge < -0.3 is 15.7 Å². The summed E-state index contributed by atoms with van der Waals surface area (Å²) >= 11 is 0. The molecule has 0 atom stereocenters. The molecule has 19 heavy (non-hydrogen) atoms. The Morgan fingerprint density at radius 3 is 2.89 bits per heavy atom. The number of ether oxygens (including phenoxy) is 1. The van der Waals surface area contributed by atoms with Gasteiger partial charge in [-0.3, -0.25) is 4.98 Å². The number of amidine groups is 1. The van der Waals surface area contributed by atoms with Gasteiger partial charge in [0.15, 0.2) is 17.4 Å². The molecular weight excluding hydrogens is 249 g/mol. The molecule has 98 valence electrons. The average molecular weight is 261 g/mol. The summed E-state index contributed by atoms with van der Waals surface area (Å²) in [5.41, 5.74) is 6.48. The van der Waals surface area contributed by atoms with Gasteiger partial charge in [-0.2, -0.15) is 0 Å². The first kappa shape index (κ1) is 12.8. The van der Waals surface area contributed by atoms with E-state index in [-0.39, 0.29) is 23.8 Å². The summed E-state index contributed by atoms with van der Waals surface area (Å²) in [4.78, 5) is 3.93. The Morgan fingerprint density at radius 1 is 1.42 bits per heavy atom. The van der Waals surface area contributed by atoms with Crippen LogP contribution in [0.3, 0.4) is 0 Å². The van der Waals surface area contributed by atoms with Crippen molar-refractivity contribution in [1.29, 1.82) is 0 Å². The quantitative estimate of drug-likeness (QED) is 0.381. The zero-order valence-electron chi connectivity index (χ0n) is 9.95. The van der Waals surface area contributed by atoms with E-state index in [9.17, 15) is 4.39 Å². The Kier molecular flexibility index (Phi) is 3.92. The summed E-state index contributed by atoms with van der Waals surface area (Å²) in [7, 11) is 0. The maximum atomic E-state index is 13.7. The molecule has 1 aromatic carbocycles. The van der Waals surface area contributed by atoms with Gasteiger partial charge in [0.1, 0.15) is 6.61 Å². The molecule has 0 aliphatic heterocycles. The van der Waals surface area contributed by atoms with Gasteiger partial charge in [-0.25, -0.2) is 4.39 Å². The molecule has 0 aliphatic carbocycles. The number of nitrogens with two attached hydrogens (primary N) is 1. The molecule has 5 nitrogen and oxygen atoms in total. The van der Waals surface area contributed by atoms with E-state index in [1.54, 1.807) is 18.5 Å². The lowest BCUT2D eigenvalue weighted by atomic mass is 10.2. The maximum absolute atomic E-state index is 13.7. The molecule has 0 bridgehead atoms. The van der Waals surface area contributed by atoms with Crippen molar-refractivity contribution in [2.75, 3.05) is 0 Å². The molecule has 0 fully saturated rings. The molecule has 0 saturated heterocycles. The highest BCUT2D eigenvalue weighted by molar-refractivity contribution is 5.97. The first-order valence-corrected chi connectivity index (χ1v) is 5.50. The number of hydrogen-bond donors (Lipinski definition) is 2. The van der Waals surface area contributed by atoms with Gasteiger partial charge in [-0.15, -0.1) is 0 Å². The first-order chi connectivity index (χ1) is 9.20. The van der Waals surface area contributed by atoms with Gasteiger partial charge >= 0.3 is 0 Å². The third kappa shape index (κ3) is 3.19. The predicted molar refractivity (Wildman–Crippen MR) is 67.5 cm³/mol. The van der Waals surface area contributed by atoms with E-state index >= 15 is 0 Å². The van der Waals surface area contributed by atoms with E-state index in [1.807, 2.05) is 6.07 Å². The Labute approximate surface area is 109 Å². The Morgan fingerprint density at radius 2 is 2.26 bits per heavy atom. The number of rotatable bonds is 4. The second kappa shape index (κ2) is 5.81. The minimum Gasteiger partial charge on any atom is -0.486 e. The van der Waals surface area contributed by atoms with E-state index in [2.05, 4.69) is 10.1 Å². The minimum absolute atomic E-state index is 0.0957. The Bertz CT molecular complexity index is 588. The molecule has 3 N–H and O–H groups in total. The summed E-state index contributed by atoms with van der Waals surface area (Å²) in [6, 6.07) is 7.69. The molecule has 0 saturated carbocycles. The number of oxime groups is 1. The smallest absolute Gasteiger partial charge is 0.170 e. The molecule has 1 aromatic heterocycles. The van der Waals surface area contributed by atoms with Crippen LogP contribution in [0, 0.1) is 5.82 Å². The highest BCUT2D eigenvalue weighted by Crippen LogP contribution is 2.19. The van der Waals surface area contributed by atoms with Crippen LogP contribution in [0.2, 0.25) is 0 Å². The van der Waals surface area contributed by atoms with Gasteiger partial charge in [0.2, 0.25) is 0 Å². The van der Waals surface area contributed by atoms with Crippen LogP contribution >= 0.6 is 0 Å². The molecule has 1 heterocycles. The van der Waals surface area contributed by atoms with E-state index in [0.29, 0.717) is 0 Å². The topological polar surface area (TPSA) is 80.7 Å². The molecule has 0 spiro atoms. The van der Waals surface area contributed by atoms with Crippen molar-refractivity contribution < 1.29 is 14.3 Å². The first-order valence-electron chi connectivity index (χ1n) is 5.50. The van der Waals surface area contributed by atoms with Crippen molar-refractivity contribution in [1.82, 2.24) is 4.98 Å². The van der Waals surface area contributed by atoms with Crippen LogP contribution in [0.25, 0.3) is 0 Å². The largest absolute Gasteiger partial charge is 0.486 e. The second-order valence-electron chi connectivity index (χ2n) is 3.78. The number of halogens is 1. The standard InChI is InChI=1S/C13H12FN3O2/c14-11-6-10(13(15)17-18)3-4-12(11)19-8-9-2-1-5-16-7-9/h1-7,18H,8H2,(H2,15,17). The molecule has 0 amide bonds. The van der Waals surface area contributed by atoms with Crippen molar-refractivity contribution in [3.05, 3.63) is 59.7 Å². The van der Waals surface area contributed by atoms with Crippen molar-refractivity contribution in [3.63, 3.8) is 0 Å². The maximum Gasteiger partial charge on any atom is 0.170 e. The van der Waals surface area contributed by atoms with Crippen LogP contribution in [-0.4, -0.2) is 16.0 Å². The highest BCUT2D eigenvalue weighted by atomic mass is 19.1. The van der Waals surface area contributed by atoms with Crippen molar-refractivity contribution in [2.45, 2.75) is 6.61 Å². The summed E-state index contributed by atoms with van der Waals surface area (Å²) in [5, 5.41) is 11.3. The van der Waals surface area contributed by atoms with Gasteiger partial charge in [0.25, 0.3) is 0 Å². The monoisotopic (exact) mass is 261 g/mol. The average Bonchev–Trinajstić information content (AvgIpc) is 2.46. The number of nitrogens with zero attached hydrogens (tertiary/aromatic N) is 2. The predicted octanol–water partition coefficient (Wildman–Crippen LogP) is 1.89. The van der Waals surface area contributed by atoms with E-state index < -0.39 is 5.82 Å². The lowest BCUT2D eigenvalue weighted by Gasteiger charge is -2.08. The third-order valence-electron chi connectivity index (χ3n) is 2.45. The van der Waals surface area contributed by atoms with Crippen molar-refractivity contribution in [2.24, 2.45) is 10.9 Å². The van der Waals surface area contributed by atoms with Gasteiger partial charge in [-0.05, 0) is 24.3 Å². The normalized spacial score (nSPS) is 11.3. The summed E-state index contributed by atoms with van der Waals surface area (Å²) in [6.45, 7) is 0.216. The molecule has 0 radical (unpaired) electrons. The second-order valence-corrected chi connectivity index (χ2v) is 3.78. The minimum atomic E-state index is -0.576. The molecule has 2 aromatic rings. The molecule has 6 heteroatoms. The molecule has 0 aliphatic rings. The molecular formula is C13H12FN3O2. The Hall–Kier alpha value is -2.63. The third-order valence-corrected chi connectivity index (χ3v) is 2.45. The van der Waals surface area contributed by atoms with Crippen LogP contribution in [0.15, 0.2) is 47.9 Å². The summed E-state index contributed by atoms with van der Waals surface area (Å²) in [5.74, 6) is -0.635. The summed E-state index contributed by atoms with van der Waals surface area (Å²) < 4.78 is 19.0. The van der Waals surface area contributed by atoms with Crippen LogP contribution in [0.5, 0.6) is 5.75 Å². The van der Waals surface area contributed by atoms with Crippen molar-refractivity contribution in [3.8, 4) is 5.75 Å². The Balaban J connectivity index is 2.10. The van der Waals surface area contributed by atoms with Crippen LogP contribution in [-0.2, 0) is 6.61 Å². The zero-order valence-corrected chi connectivity index (χ0v) is 9.95. The zero-order chi connectivity index (χ0) is 13.7. The molecule has 2 rings (SSSR count). The van der Waals surface area contributed by atoms with Crippen LogP contribution in [0.1, 0.15) is 11.1 Å². The highest BCUT2D eigenvalue weighted by Gasteiger charge is 2.07. The van der Waals surface area contributed by atoms with Crippen LogP contribution in [0.4, 0.5) is 4.39 Å². The van der Waals surface area contributed by atoms with E-state index in [1.165, 1.54) is 12.1 Å². The van der Waals surface area contributed by atoms with Gasteiger partial charge in [-0.1, -0.05) is 11.2 Å². The van der Waals surface area contributed by atoms with E-state index in [4.69, 9.17) is 15.7 Å². The lowest BCUT2D eigenvalue weighted by molar-refractivity contribution is 0.290. The fourth-order valence-corrected chi connectivity index (χ4v) is 1.48. The van der Waals surface area contributed by atoms with Gasteiger partial charge in [0.05, 0.1) is 0 Å². The van der Waals surface area contributed by atoms with Crippen LogP contribution < -0.4 is 10.5 Å². The number of benzene rings is 1. The fraction of sp³-hybridized carbons (Fsp3) is 0.0769. The number of hydrogen-bond acceptors (Lipinski definition) is 4. The fourth-order valence-electron chi connectivity index (χ4n) is 1.48. The van der Waals surface area contributed by atoms with Gasteiger partial charge in [0, 0.05) is 23.5 Å². The van der Waals surface area contributed by atoms with Crippen molar-refractivity contribution >= 4 is 5.84 Å². The molecule has 0 unspecified atom stereocenters. The lowest BCUT2D eigenvalue weighted by Crippen LogP contribution is -2.13. The SMILES string of the molecule is N/C(=N/O)c1ccc(OCc2cccnc2)c(F)c1. The summed E-state index contributed by atoms with van der Waals surface area (Å²) in [6.07, 6.45) is 3.29. The van der Waals surface area contributed by atoms with E-state index in [0.717, 1.165) is 11.6 Å².